The van der Waals surface area contributed by atoms with Gasteiger partial charge in [0.2, 0.25) is 0 Å². The van der Waals surface area contributed by atoms with Crippen LogP contribution in [0, 0.1) is 5.92 Å². The normalized spacial score (nSPS) is 17.0. The van der Waals surface area contributed by atoms with E-state index in [2.05, 4.69) is 20.9 Å². The maximum absolute atomic E-state index is 12.5. The number of nitrogens with zero attached hydrogens (tertiary/aromatic N) is 1. The fraction of sp³-hybridized carbons (Fsp3) is 0.529. The molecule has 1 atom stereocenters. The second-order valence-electron chi connectivity index (χ2n) is 6.25. The minimum Gasteiger partial charge on any atom is -0.496 e. The minimum atomic E-state index is -0.205. The van der Waals surface area contributed by atoms with Crippen molar-refractivity contribution in [1.29, 1.82) is 0 Å². The Morgan fingerprint density at radius 1 is 1.46 bits per heavy atom. The largest absolute Gasteiger partial charge is 0.496 e. The molecule has 9 heteroatoms. The number of nitrogens with one attached hydrogen (secondary N) is 3. The van der Waals surface area contributed by atoms with Crippen LogP contribution in [0.25, 0.3) is 0 Å². The van der Waals surface area contributed by atoms with Crippen LogP contribution >= 0.6 is 23.8 Å². The SMILES string of the molecule is CNC(=S)NCCN1CCC(CNC(=O)c2cc(Cl)c(N)cc2OC)C1. The van der Waals surface area contributed by atoms with Gasteiger partial charge in [-0.05, 0) is 37.2 Å². The third-order valence-corrected chi connectivity index (χ3v) is 5.10. The van der Waals surface area contributed by atoms with Crippen molar-refractivity contribution >= 4 is 40.5 Å². The molecule has 1 heterocycles. The lowest BCUT2D eigenvalue weighted by Crippen LogP contribution is -2.38. The Bertz CT molecular complexity index is 658. The Balaban J connectivity index is 1.80. The molecule has 0 bridgehead atoms. The van der Waals surface area contributed by atoms with Crippen LogP contribution in [0.2, 0.25) is 5.02 Å². The van der Waals surface area contributed by atoms with E-state index < -0.39 is 0 Å². The number of ether oxygens (including phenoxy) is 1. The molecule has 0 saturated carbocycles. The van der Waals surface area contributed by atoms with E-state index in [9.17, 15) is 4.79 Å². The lowest BCUT2D eigenvalue weighted by Gasteiger charge is -2.17. The van der Waals surface area contributed by atoms with Gasteiger partial charge < -0.3 is 31.3 Å². The molecule has 0 radical (unpaired) electrons. The van der Waals surface area contributed by atoms with Crippen molar-refractivity contribution < 1.29 is 9.53 Å². The van der Waals surface area contributed by atoms with Gasteiger partial charge in [-0.3, -0.25) is 4.79 Å². The number of rotatable bonds is 7. The first-order valence-corrected chi connectivity index (χ1v) is 9.32. The van der Waals surface area contributed by atoms with E-state index >= 15 is 0 Å². The van der Waals surface area contributed by atoms with Gasteiger partial charge >= 0.3 is 0 Å². The smallest absolute Gasteiger partial charge is 0.255 e. The summed E-state index contributed by atoms with van der Waals surface area (Å²) in [5.74, 6) is 0.637. The Hall–Kier alpha value is -1.77. The predicted molar refractivity (Wildman–Crippen MR) is 109 cm³/mol. The van der Waals surface area contributed by atoms with Gasteiger partial charge in [0.15, 0.2) is 5.11 Å². The molecule has 144 valence electrons. The van der Waals surface area contributed by atoms with Crippen molar-refractivity contribution in [2.75, 3.05) is 52.6 Å². The van der Waals surface area contributed by atoms with E-state index in [0.717, 1.165) is 32.6 Å². The van der Waals surface area contributed by atoms with Crippen LogP contribution < -0.4 is 26.4 Å². The summed E-state index contributed by atoms with van der Waals surface area (Å²) in [6.45, 7) is 4.32. The molecule has 1 amide bonds. The van der Waals surface area contributed by atoms with Crippen molar-refractivity contribution in [3.63, 3.8) is 0 Å². The number of carbonyl (C=O) groups is 1. The third-order valence-electron chi connectivity index (χ3n) is 4.43. The Kier molecular flexibility index (Phi) is 7.74. The van der Waals surface area contributed by atoms with E-state index in [4.69, 9.17) is 34.3 Å². The first-order valence-electron chi connectivity index (χ1n) is 8.53. The van der Waals surface area contributed by atoms with Crippen molar-refractivity contribution in [1.82, 2.24) is 20.9 Å². The van der Waals surface area contributed by atoms with E-state index in [-0.39, 0.29) is 5.91 Å². The molecule has 0 aliphatic carbocycles. The molecule has 1 unspecified atom stereocenters. The lowest BCUT2D eigenvalue weighted by atomic mass is 10.1. The molecule has 1 saturated heterocycles. The first-order chi connectivity index (χ1) is 12.4. The standard InChI is InChI=1S/C17H26ClN5O2S/c1-20-17(26)21-4-6-23-5-3-11(10-23)9-22-16(24)12-7-13(18)14(19)8-15(12)25-2/h7-8,11H,3-6,9-10,19H2,1-2H3,(H,22,24)(H2,20,21,26). The van der Waals surface area contributed by atoms with Crippen molar-refractivity contribution in [3.05, 3.63) is 22.7 Å². The lowest BCUT2D eigenvalue weighted by molar-refractivity contribution is 0.0944. The molecule has 1 aromatic rings. The highest BCUT2D eigenvalue weighted by Gasteiger charge is 2.23. The Morgan fingerprint density at radius 2 is 2.23 bits per heavy atom. The van der Waals surface area contributed by atoms with Crippen molar-refractivity contribution in [2.24, 2.45) is 5.92 Å². The van der Waals surface area contributed by atoms with E-state index in [1.807, 2.05) is 0 Å². The molecule has 7 nitrogen and oxygen atoms in total. The number of carbonyl (C=O) groups excluding carboxylic acids is 1. The highest BCUT2D eigenvalue weighted by molar-refractivity contribution is 7.80. The third kappa shape index (κ3) is 5.62. The van der Waals surface area contributed by atoms with Gasteiger partial charge in [-0.15, -0.1) is 0 Å². The molecule has 1 fully saturated rings. The number of halogens is 1. The quantitative estimate of drug-likeness (QED) is 0.402. The number of methoxy groups -OCH3 is 1. The first kappa shape index (κ1) is 20.5. The van der Waals surface area contributed by atoms with Gasteiger partial charge in [-0.2, -0.15) is 0 Å². The van der Waals surface area contributed by atoms with E-state index in [0.29, 0.717) is 39.6 Å². The van der Waals surface area contributed by atoms with Crippen LogP contribution in [-0.4, -0.2) is 62.8 Å². The van der Waals surface area contributed by atoms with E-state index in [1.165, 1.54) is 7.11 Å². The number of nitrogens with two attached hydrogens (primary N) is 1. The van der Waals surface area contributed by atoms with Crippen LogP contribution in [0.1, 0.15) is 16.8 Å². The van der Waals surface area contributed by atoms with Gasteiger partial charge in [0, 0.05) is 39.3 Å². The summed E-state index contributed by atoms with van der Waals surface area (Å²) >= 11 is 11.1. The van der Waals surface area contributed by atoms with Gasteiger partial charge in [0.05, 0.1) is 23.4 Å². The summed E-state index contributed by atoms with van der Waals surface area (Å²) < 4.78 is 5.23. The number of hydrogen-bond acceptors (Lipinski definition) is 5. The van der Waals surface area contributed by atoms with Crippen LogP contribution in [-0.2, 0) is 0 Å². The average molecular weight is 400 g/mol. The van der Waals surface area contributed by atoms with Crippen LogP contribution in [0.5, 0.6) is 5.75 Å². The Labute approximate surface area is 164 Å². The number of amides is 1. The van der Waals surface area contributed by atoms with Gasteiger partial charge in [0.25, 0.3) is 5.91 Å². The summed E-state index contributed by atoms with van der Waals surface area (Å²) in [5.41, 5.74) is 6.54. The second kappa shape index (κ2) is 9.80. The minimum absolute atomic E-state index is 0.205. The molecule has 5 N–H and O–H groups in total. The molecule has 2 rings (SSSR count). The molecule has 1 aliphatic rings. The molecule has 0 spiro atoms. The van der Waals surface area contributed by atoms with Gasteiger partial charge in [-0.25, -0.2) is 0 Å². The zero-order valence-corrected chi connectivity index (χ0v) is 16.7. The Morgan fingerprint density at radius 3 is 2.92 bits per heavy atom. The zero-order valence-electron chi connectivity index (χ0n) is 15.1. The van der Waals surface area contributed by atoms with Crippen LogP contribution in [0.4, 0.5) is 5.69 Å². The molecular weight excluding hydrogens is 374 g/mol. The van der Waals surface area contributed by atoms with Crippen molar-refractivity contribution in [2.45, 2.75) is 6.42 Å². The number of anilines is 1. The molecule has 26 heavy (non-hydrogen) atoms. The maximum Gasteiger partial charge on any atom is 0.255 e. The van der Waals surface area contributed by atoms with E-state index in [1.54, 1.807) is 19.2 Å². The zero-order chi connectivity index (χ0) is 19.1. The monoisotopic (exact) mass is 399 g/mol. The summed E-state index contributed by atoms with van der Waals surface area (Å²) in [7, 11) is 3.30. The van der Waals surface area contributed by atoms with Gasteiger partial charge in [0.1, 0.15) is 5.75 Å². The highest BCUT2D eigenvalue weighted by Crippen LogP contribution is 2.28. The fourth-order valence-electron chi connectivity index (χ4n) is 2.95. The number of thiocarbonyl (C=S) groups is 1. The average Bonchev–Trinajstić information content (AvgIpc) is 3.09. The number of hydrogen-bond donors (Lipinski definition) is 4. The summed E-state index contributed by atoms with van der Waals surface area (Å²) in [6.07, 6.45) is 1.05. The highest BCUT2D eigenvalue weighted by atomic mass is 35.5. The predicted octanol–water partition coefficient (Wildman–Crippen LogP) is 1.08. The number of likely N-dealkylation sites (tertiary alicyclic amines) is 1. The molecular formula is C17H26ClN5O2S. The molecule has 1 aliphatic heterocycles. The summed E-state index contributed by atoms with van der Waals surface area (Å²) in [6, 6.07) is 3.11. The number of nitrogen functional groups attached to an aromatic ring is 1. The topological polar surface area (TPSA) is 91.7 Å². The van der Waals surface area contributed by atoms with Crippen molar-refractivity contribution in [3.8, 4) is 5.75 Å². The summed E-state index contributed by atoms with van der Waals surface area (Å²) in [5, 5.41) is 10.0. The van der Waals surface area contributed by atoms with Crippen LogP contribution in [0.15, 0.2) is 12.1 Å². The molecule has 0 aromatic heterocycles. The maximum atomic E-state index is 12.5. The number of benzene rings is 1. The molecule has 1 aromatic carbocycles. The fourth-order valence-corrected chi connectivity index (χ4v) is 3.21. The van der Waals surface area contributed by atoms with Crippen LogP contribution in [0.3, 0.4) is 0 Å². The van der Waals surface area contributed by atoms with Gasteiger partial charge in [-0.1, -0.05) is 11.6 Å². The second-order valence-corrected chi connectivity index (χ2v) is 7.06. The summed E-state index contributed by atoms with van der Waals surface area (Å²) in [4.78, 5) is 14.8.